The Morgan fingerprint density at radius 1 is 0.696 bits per heavy atom. The van der Waals surface area contributed by atoms with E-state index in [1.807, 2.05) is 60.7 Å². The van der Waals surface area contributed by atoms with Gasteiger partial charge in [-0.2, -0.15) is 0 Å². The number of aliphatic hydroxyl groups excluding tert-OH is 1. The fraction of sp³-hybridized carbons (Fsp3) is 0.409. The molecule has 0 spiro atoms. The lowest BCUT2D eigenvalue weighted by atomic mass is 9.82. The SMILES string of the molecule is CCCCCCCCOC(=O)CN(c1ccccc1)c1ncc(C2=C(O)C(=C3C=NC(=[N+](CC(=O)OCCCCCCCC)c4ccccc4)N=C3)C2=O)cn1. The number of nitrogens with zero attached hydrogens (tertiary/aromatic N) is 6. The number of para-hydroxylation sites is 2. The minimum absolute atomic E-state index is 0.0688. The Labute approximate surface area is 329 Å². The van der Waals surface area contributed by atoms with Gasteiger partial charge in [0.15, 0.2) is 6.54 Å². The number of hydrogen-bond donors (Lipinski definition) is 1. The monoisotopic (exact) mass is 761 g/mol. The molecule has 0 bridgehead atoms. The molecule has 12 heteroatoms. The molecule has 0 unspecified atom stereocenters. The van der Waals surface area contributed by atoms with Crippen LogP contribution in [0.25, 0.3) is 5.57 Å². The molecule has 1 N–H and O–H groups in total. The van der Waals surface area contributed by atoms with Crippen LogP contribution in [-0.2, 0) is 23.9 Å². The van der Waals surface area contributed by atoms with Crippen molar-refractivity contribution in [2.75, 3.05) is 31.2 Å². The van der Waals surface area contributed by atoms with Crippen LogP contribution in [0, 0.1) is 0 Å². The number of unbranched alkanes of at least 4 members (excludes halogenated alkanes) is 10. The minimum atomic E-state index is -0.411. The molecule has 5 rings (SSSR count). The zero-order chi connectivity index (χ0) is 39.5. The van der Waals surface area contributed by atoms with Gasteiger partial charge < -0.3 is 14.6 Å². The van der Waals surface area contributed by atoms with Gasteiger partial charge in [0.25, 0.3) is 0 Å². The van der Waals surface area contributed by atoms with E-state index in [2.05, 4.69) is 33.8 Å². The highest BCUT2D eigenvalue weighted by molar-refractivity contribution is 6.42. The van der Waals surface area contributed by atoms with Crippen molar-refractivity contribution in [1.82, 2.24) is 9.97 Å². The molecule has 3 aromatic rings. The van der Waals surface area contributed by atoms with Crippen LogP contribution in [0.15, 0.2) is 99.9 Å². The highest BCUT2D eigenvalue weighted by Crippen LogP contribution is 2.37. The summed E-state index contributed by atoms with van der Waals surface area (Å²) in [4.78, 5) is 58.6. The van der Waals surface area contributed by atoms with Crippen LogP contribution in [0.2, 0.25) is 0 Å². The van der Waals surface area contributed by atoms with E-state index in [9.17, 15) is 19.5 Å². The smallest absolute Gasteiger partial charge is 0.433 e. The number of guanidine groups is 1. The maximum atomic E-state index is 13.4. The summed E-state index contributed by atoms with van der Waals surface area (Å²) in [6, 6.07) is 18.6. The van der Waals surface area contributed by atoms with Crippen LogP contribution in [0.1, 0.15) is 96.5 Å². The number of benzene rings is 2. The first-order chi connectivity index (χ1) is 27.4. The number of ketones is 1. The third-order valence-electron chi connectivity index (χ3n) is 9.50. The van der Waals surface area contributed by atoms with Crippen LogP contribution in [-0.4, -0.2) is 82.1 Å². The first-order valence-electron chi connectivity index (χ1n) is 19.9. The maximum absolute atomic E-state index is 13.4. The second-order valence-electron chi connectivity index (χ2n) is 13.8. The number of hydrogen-bond acceptors (Lipinski definition) is 9. The molecule has 56 heavy (non-hydrogen) atoms. The molecule has 0 saturated carbocycles. The number of aromatic nitrogens is 2. The van der Waals surface area contributed by atoms with E-state index >= 15 is 0 Å². The summed E-state index contributed by atoms with van der Waals surface area (Å²) in [6.07, 6.45) is 18.9. The van der Waals surface area contributed by atoms with Crippen molar-refractivity contribution in [2.45, 2.75) is 90.9 Å². The van der Waals surface area contributed by atoms with Crippen LogP contribution in [0.5, 0.6) is 0 Å². The fourth-order valence-electron chi connectivity index (χ4n) is 6.37. The van der Waals surface area contributed by atoms with Crippen LogP contribution in [0.3, 0.4) is 0 Å². The number of aliphatic imine (C=N–C) groups is 2. The van der Waals surface area contributed by atoms with Crippen molar-refractivity contribution in [2.24, 2.45) is 9.98 Å². The Bertz CT molecular complexity index is 1920. The number of carbonyl (C=O) groups is 3. The van der Waals surface area contributed by atoms with E-state index in [1.165, 1.54) is 63.3 Å². The molecule has 294 valence electrons. The van der Waals surface area contributed by atoms with Crippen molar-refractivity contribution in [1.29, 1.82) is 0 Å². The fourth-order valence-corrected chi connectivity index (χ4v) is 6.37. The Morgan fingerprint density at radius 2 is 1.23 bits per heavy atom. The Balaban J connectivity index is 1.26. The van der Waals surface area contributed by atoms with Gasteiger partial charge in [0.1, 0.15) is 30.4 Å². The van der Waals surface area contributed by atoms with E-state index in [0.29, 0.717) is 35.7 Å². The largest absolute Gasteiger partial charge is 0.506 e. The van der Waals surface area contributed by atoms with E-state index in [4.69, 9.17) is 9.47 Å². The molecule has 12 nitrogen and oxygen atoms in total. The molecule has 0 saturated heterocycles. The Morgan fingerprint density at radius 3 is 1.80 bits per heavy atom. The molecule has 1 aromatic heterocycles. The van der Waals surface area contributed by atoms with Gasteiger partial charge in [-0.3, -0.25) is 14.5 Å². The lowest BCUT2D eigenvalue weighted by Gasteiger charge is -2.24. The average molecular weight is 762 g/mol. The summed E-state index contributed by atoms with van der Waals surface area (Å²) in [5, 5.41) is 11.1. The minimum Gasteiger partial charge on any atom is -0.506 e. The second-order valence-corrected chi connectivity index (χ2v) is 13.8. The molecule has 0 amide bonds. The van der Waals surface area contributed by atoms with Crippen molar-refractivity contribution < 1.29 is 33.5 Å². The average Bonchev–Trinajstić information content (AvgIpc) is 3.22. The van der Waals surface area contributed by atoms with Gasteiger partial charge in [-0.15, -0.1) is 0 Å². The third-order valence-corrected chi connectivity index (χ3v) is 9.50. The first kappa shape index (κ1) is 41.4. The first-order valence-corrected chi connectivity index (χ1v) is 19.9. The standard InChI is InChI=1S/C44H52N6O6/c1-3-5-7-9-11-19-25-55-37(51)31-49(35-21-15-13-16-22-35)43-45-27-33(28-46-43)39-41(53)40(42(39)54)34-29-47-44(48-30-34)50(36-23-17-14-18-24-36)32-38(52)56-26-20-12-10-8-6-4-2/h13-18,21-24,27-30H,3-12,19-20,25-26,31-32H2,1-2H3/p+1. The van der Waals surface area contributed by atoms with Gasteiger partial charge in [0.05, 0.1) is 29.9 Å². The lowest BCUT2D eigenvalue weighted by Crippen LogP contribution is -2.29. The molecule has 1 aliphatic heterocycles. The van der Waals surface area contributed by atoms with Crippen molar-refractivity contribution in [3.05, 3.63) is 95.5 Å². The summed E-state index contributed by atoms with van der Waals surface area (Å²) in [7, 11) is 0. The number of allylic oxidation sites excluding steroid dienone is 3. The highest BCUT2D eigenvalue weighted by Gasteiger charge is 2.38. The quantitative estimate of drug-likeness (QED) is 0.0461. The topological polar surface area (TPSA) is 147 Å². The normalized spacial score (nSPS) is 13.5. The van der Waals surface area contributed by atoms with E-state index < -0.39 is 17.7 Å². The number of anilines is 2. The van der Waals surface area contributed by atoms with Gasteiger partial charge in [-0.05, 0) is 37.1 Å². The molecule has 2 aliphatic rings. The molecule has 0 atom stereocenters. The van der Waals surface area contributed by atoms with Gasteiger partial charge in [0.2, 0.25) is 11.7 Å². The zero-order valence-corrected chi connectivity index (χ0v) is 32.6. The van der Waals surface area contributed by atoms with Crippen LogP contribution >= 0.6 is 0 Å². The Hall–Kier alpha value is -5.78. The molecule has 0 radical (unpaired) electrons. The molecule has 2 aromatic carbocycles. The van der Waals surface area contributed by atoms with Gasteiger partial charge in [-0.25, -0.2) is 19.3 Å². The van der Waals surface area contributed by atoms with E-state index in [-0.39, 0.29) is 41.9 Å². The van der Waals surface area contributed by atoms with Gasteiger partial charge in [-0.1, -0.05) is 124 Å². The predicted molar refractivity (Wildman–Crippen MR) is 219 cm³/mol. The van der Waals surface area contributed by atoms with Crippen molar-refractivity contribution >= 4 is 59.0 Å². The molecule has 2 heterocycles. The molecular weight excluding hydrogens is 709 g/mol. The third kappa shape index (κ3) is 11.6. The number of ether oxygens (including phenoxy) is 2. The predicted octanol–water partition coefficient (Wildman–Crippen LogP) is 8.43. The van der Waals surface area contributed by atoms with Crippen molar-refractivity contribution in [3.8, 4) is 0 Å². The number of carbonyl (C=O) groups excluding carboxylic acids is 3. The number of Topliss-reactive ketones (excluding diaryl/α,β-unsaturated/α-hetero) is 1. The van der Waals surface area contributed by atoms with E-state index in [1.54, 1.807) is 9.48 Å². The summed E-state index contributed by atoms with van der Waals surface area (Å²) >= 11 is 0. The second kappa shape index (κ2) is 21.9. The van der Waals surface area contributed by atoms with E-state index in [0.717, 1.165) is 38.5 Å². The molecule has 1 aliphatic carbocycles. The number of aliphatic hydroxyl groups is 1. The lowest BCUT2D eigenvalue weighted by molar-refractivity contribution is -0.433. The molecule has 0 fully saturated rings. The number of esters is 2. The van der Waals surface area contributed by atoms with Crippen LogP contribution < -0.4 is 4.90 Å². The van der Waals surface area contributed by atoms with Crippen molar-refractivity contribution in [3.63, 3.8) is 0 Å². The summed E-state index contributed by atoms with van der Waals surface area (Å²) in [6.45, 7) is 4.88. The number of rotatable bonds is 22. The Kier molecular flexibility index (Phi) is 16.2. The zero-order valence-electron chi connectivity index (χ0n) is 32.6. The summed E-state index contributed by atoms with van der Waals surface area (Å²) in [5.74, 6) is -0.943. The summed E-state index contributed by atoms with van der Waals surface area (Å²) < 4.78 is 12.7. The molecular formula is C44H53N6O6+. The maximum Gasteiger partial charge on any atom is 0.433 e. The van der Waals surface area contributed by atoms with Crippen LogP contribution in [0.4, 0.5) is 17.3 Å². The van der Waals surface area contributed by atoms with Gasteiger partial charge in [0, 0.05) is 23.6 Å². The highest BCUT2D eigenvalue weighted by atomic mass is 16.5. The summed E-state index contributed by atoms with van der Waals surface area (Å²) in [5.41, 5.74) is 2.19. The van der Waals surface area contributed by atoms with Gasteiger partial charge >= 0.3 is 17.9 Å².